The zero-order chi connectivity index (χ0) is 26.6. The zero-order valence-electron chi connectivity index (χ0n) is 22.1. The number of nitrogens with zero attached hydrogens (tertiary/aromatic N) is 3. The van der Waals surface area contributed by atoms with Crippen LogP contribution in [0.1, 0.15) is 28.4 Å². The minimum absolute atomic E-state index is 0.0662. The largest absolute Gasteiger partial charge is 0.497 e. The van der Waals surface area contributed by atoms with E-state index in [-0.39, 0.29) is 11.7 Å². The first-order valence-electron chi connectivity index (χ1n) is 12.9. The molecule has 0 aliphatic carbocycles. The van der Waals surface area contributed by atoms with Crippen molar-refractivity contribution in [1.82, 2.24) is 9.47 Å². The van der Waals surface area contributed by atoms with E-state index in [1.807, 2.05) is 59.5 Å². The van der Waals surface area contributed by atoms with Crippen molar-refractivity contribution in [2.45, 2.75) is 19.9 Å². The van der Waals surface area contributed by atoms with Crippen LogP contribution < -0.4 is 14.4 Å². The second-order valence-corrected chi connectivity index (χ2v) is 9.67. The van der Waals surface area contributed by atoms with E-state index >= 15 is 0 Å². The van der Waals surface area contributed by atoms with Gasteiger partial charge in [-0.1, -0.05) is 18.2 Å². The monoisotopic (exact) mass is 511 g/mol. The van der Waals surface area contributed by atoms with Gasteiger partial charge in [-0.2, -0.15) is 0 Å². The predicted molar refractivity (Wildman–Crippen MR) is 150 cm³/mol. The molecule has 2 heterocycles. The van der Waals surface area contributed by atoms with E-state index in [1.165, 1.54) is 0 Å². The van der Waals surface area contributed by atoms with E-state index in [4.69, 9.17) is 9.47 Å². The van der Waals surface area contributed by atoms with Crippen LogP contribution in [-0.2, 0) is 17.8 Å². The molecule has 1 aromatic heterocycles. The number of hydrogen-bond donors (Lipinski definition) is 0. The summed E-state index contributed by atoms with van der Waals surface area (Å²) >= 11 is 0. The van der Waals surface area contributed by atoms with Crippen LogP contribution >= 0.6 is 0 Å². The van der Waals surface area contributed by atoms with E-state index in [0.29, 0.717) is 31.6 Å². The number of Topliss-reactive ketones (excluding diaryl/α,β-unsaturated/α-hetero) is 1. The molecule has 1 aliphatic rings. The van der Waals surface area contributed by atoms with E-state index < -0.39 is 0 Å². The second kappa shape index (κ2) is 11.0. The fourth-order valence-electron chi connectivity index (χ4n) is 5.14. The minimum Gasteiger partial charge on any atom is -0.497 e. The van der Waals surface area contributed by atoms with Gasteiger partial charge in [0.1, 0.15) is 11.5 Å². The fraction of sp³-hybridized carbons (Fsp3) is 0.290. The maximum atomic E-state index is 13.3. The highest BCUT2D eigenvalue weighted by atomic mass is 16.5. The molecule has 3 aromatic carbocycles. The number of carbonyl (C=O) groups is 2. The molecule has 0 saturated carbocycles. The first-order chi connectivity index (χ1) is 18.4. The molecule has 1 aliphatic heterocycles. The van der Waals surface area contributed by atoms with Gasteiger partial charge in [0.15, 0.2) is 5.78 Å². The van der Waals surface area contributed by atoms with Crippen LogP contribution in [0.15, 0.2) is 72.9 Å². The van der Waals surface area contributed by atoms with Gasteiger partial charge in [-0.3, -0.25) is 9.59 Å². The van der Waals surface area contributed by atoms with Crippen LogP contribution in [0.2, 0.25) is 0 Å². The molecule has 7 heteroatoms. The molecule has 196 valence electrons. The number of anilines is 1. The average Bonchev–Trinajstić information content (AvgIpc) is 3.29. The molecule has 1 amide bonds. The van der Waals surface area contributed by atoms with Crippen molar-refractivity contribution in [3.05, 3.63) is 89.6 Å². The van der Waals surface area contributed by atoms with Gasteiger partial charge in [-0.25, -0.2) is 0 Å². The molecule has 38 heavy (non-hydrogen) atoms. The molecule has 5 rings (SSSR count). The number of amides is 1. The maximum Gasteiger partial charge on any atom is 0.227 e. The van der Waals surface area contributed by atoms with Crippen molar-refractivity contribution in [3.8, 4) is 11.5 Å². The quantitative estimate of drug-likeness (QED) is 0.318. The van der Waals surface area contributed by atoms with Gasteiger partial charge < -0.3 is 23.8 Å². The van der Waals surface area contributed by atoms with Gasteiger partial charge in [0.2, 0.25) is 5.91 Å². The number of aromatic nitrogens is 1. The number of para-hydroxylation sites is 1. The molecule has 0 N–H and O–H groups in total. The number of benzene rings is 3. The highest BCUT2D eigenvalue weighted by Gasteiger charge is 2.23. The normalized spacial score (nSPS) is 13.6. The molecule has 0 atom stereocenters. The van der Waals surface area contributed by atoms with Crippen molar-refractivity contribution >= 4 is 28.3 Å². The van der Waals surface area contributed by atoms with Gasteiger partial charge in [0, 0.05) is 67.1 Å². The van der Waals surface area contributed by atoms with Crippen LogP contribution in [0.4, 0.5) is 5.69 Å². The summed E-state index contributed by atoms with van der Waals surface area (Å²) in [5, 5.41) is 1.10. The van der Waals surface area contributed by atoms with Crippen LogP contribution in [0, 0.1) is 0 Å². The van der Waals surface area contributed by atoms with Crippen LogP contribution in [0.5, 0.6) is 11.5 Å². The van der Waals surface area contributed by atoms with Crippen molar-refractivity contribution in [3.63, 3.8) is 0 Å². The number of piperazine rings is 1. The topological polar surface area (TPSA) is 64.0 Å². The molecule has 7 nitrogen and oxygen atoms in total. The van der Waals surface area contributed by atoms with Crippen molar-refractivity contribution < 1.29 is 19.1 Å². The summed E-state index contributed by atoms with van der Waals surface area (Å²) in [4.78, 5) is 29.1. The number of ketones is 1. The lowest BCUT2D eigenvalue weighted by Crippen LogP contribution is -2.49. The zero-order valence-corrected chi connectivity index (χ0v) is 22.1. The standard InChI is InChI=1S/C31H33N3O4/c1-22(35)24-8-10-26(11-9-24)32-12-14-33(15-13-32)31(36)18-25-21-34(30-7-5-4-6-29(25)30)20-23-16-27(37-2)19-28(17-23)38-3/h4-11,16-17,19,21H,12-15,18,20H2,1-3H3. The first-order valence-corrected chi connectivity index (χ1v) is 12.9. The number of methoxy groups -OCH3 is 2. The smallest absolute Gasteiger partial charge is 0.227 e. The van der Waals surface area contributed by atoms with Gasteiger partial charge in [-0.05, 0) is 60.5 Å². The maximum absolute atomic E-state index is 13.3. The lowest BCUT2D eigenvalue weighted by molar-refractivity contribution is -0.130. The highest BCUT2D eigenvalue weighted by Crippen LogP contribution is 2.27. The Morgan fingerprint density at radius 2 is 1.50 bits per heavy atom. The summed E-state index contributed by atoms with van der Waals surface area (Å²) in [7, 11) is 3.30. The minimum atomic E-state index is 0.0662. The Morgan fingerprint density at radius 1 is 0.842 bits per heavy atom. The summed E-state index contributed by atoms with van der Waals surface area (Å²) in [6.07, 6.45) is 2.46. The Morgan fingerprint density at radius 3 is 2.13 bits per heavy atom. The van der Waals surface area contributed by atoms with Gasteiger partial charge in [-0.15, -0.1) is 0 Å². The molecule has 0 spiro atoms. The van der Waals surface area contributed by atoms with Crippen molar-refractivity contribution in [1.29, 1.82) is 0 Å². The summed E-state index contributed by atoms with van der Waals surface area (Å²) in [5.41, 5.74) is 4.98. The Hall–Kier alpha value is -4.26. The second-order valence-electron chi connectivity index (χ2n) is 9.67. The van der Waals surface area contributed by atoms with Crippen molar-refractivity contribution in [2.24, 2.45) is 0 Å². The van der Waals surface area contributed by atoms with E-state index in [1.54, 1.807) is 21.1 Å². The molecule has 0 radical (unpaired) electrons. The Labute approximate surface area is 223 Å². The van der Waals surface area contributed by atoms with Crippen LogP contribution in [-0.4, -0.2) is 61.6 Å². The third kappa shape index (κ3) is 5.37. The number of ether oxygens (including phenoxy) is 2. The highest BCUT2D eigenvalue weighted by molar-refractivity contribution is 5.94. The third-order valence-corrected chi connectivity index (χ3v) is 7.25. The fourth-order valence-corrected chi connectivity index (χ4v) is 5.14. The lowest BCUT2D eigenvalue weighted by atomic mass is 10.1. The van der Waals surface area contributed by atoms with Crippen LogP contribution in [0.3, 0.4) is 0 Å². The average molecular weight is 512 g/mol. The molecular formula is C31H33N3O4. The van der Waals surface area contributed by atoms with Crippen molar-refractivity contribution in [2.75, 3.05) is 45.3 Å². The van der Waals surface area contributed by atoms with Gasteiger partial charge >= 0.3 is 0 Å². The molecule has 0 bridgehead atoms. The molecule has 1 fully saturated rings. The Bertz CT molecular complexity index is 1430. The summed E-state index contributed by atoms with van der Waals surface area (Å²) in [6.45, 7) is 5.11. The number of hydrogen-bond acceptors (Lipinski definition) is 5. The first kappa shape index (κ1) is 25.4. The summed E-state index contributed by atoms with van der Waals surface area (Å²) < 4.78 is 13.1. The summed E-state index contributed by atoms with van der Waals surface area (Å²) in [5.74, 6) is 1.71. The SMILES string of the molecule is COc1cc(Cn2cc(CC(=O)N3CCN(c4ccc(C(C)=O)cc4)CC3)c3ccccc32)cc(OC)c1. The van der Waals surface area contributed by atoms with Gasteiger partial charge in [0.05, 0.1) is 20.6 Å². The predicted octanol–water partition coefficient (Wildman–Crippen LogP) is 4.80. The van der Waals surface area contributed by atoms with E-state index in [0.717, 1.165) is 52.3 Å². The third-order valence-electron chi connectivity index (χ3n) is 7.25. The Balaban J connectivity index is 1.28. The number of carbonyl (C=O) groups excluding carboxylic acids is 2. The number of rotatable bonds is 8. The molecular weight excluding hydrogens is 478 g/mol. The van der Waals surface area contributed by atoms with Gasteiger partial charge in [0.25, 0.3) is 0 Å². The van der Waals surface area contributed by atoms with E-state index in [2.05, 4.69) is 27.8 Å². The lowest BCUT2D eigenvalue weighted by Gasteiger charge is -2.36. The van der Waals surface area contributed by atoms with Crippen LogP contribution in [0.25, 0.3) is 10.9 Å². The molecule has 0 unspecified atom stereocenters. The Kier molecular flexibility index (Phi) is 7.36. The summed E-state index contributed by atoms with van der Waals surface area (Å²) in [6, 6.07) is 21.8. The van der Waals surface area contributed by atoms with E-state index in [9.17, 15) is 9.59 Å². The molecule has 4 aromatic rings. The number of fused-ring (bicyclic) bond motifs is 1. The molecule has 1 saturated heterocycles.